The van der Waals surface area contributed by atoms with Crippen LogP contribution in [0.2, 0.25) is 5.02 Å². The highest BCUT2D eigenvalue weighted by Gasteiger charge is 2.35. The summed E-state index contributed by atoms with van der Waals surface area (Å²) in [6.45, 7) is 1.47. The topological polar surface area (TPSA) is 26.3 Å². The quantitative estimate of drug-likeness (QED) is 0.605. The molecule has 0 fully saturated rings. The molecule has 0 radical (unpaired) electrons. The van der Waals surface area contributed by atoms with E-state index in [0.29, 0.717) is 12.1 Å². The highest BCUT2D eigenvalue weighted by atomic mass is 35.5. The lowest BCUT2D eigenvalue weighted by Crippen LogP contribution is -2.12. The number of halogens is 5. The molecule has 0 bridgehead atoms. The number of carbonyl (C=O) groups is 1. The first-order valence-electron chi connectivity index (χ1n) is 4.50. The lowest BCUT2D eigenvalue weighted by Gasteiger charge is -2.11. The molecule has 0 saturated carbocycles. The number of rotatable bonds is 2. The Balaban J connectivity index is 3.29. The SMILES string of the molecule is CCOC(=O)c1cc(C(F)(F)F)c(F)cc1Cl. The van der Waals surface area contributed by atoms with Gasteiger partial charge < -0.3 is 4.74 Å². The summed E-state index contributed by atoms with van der Waals surface area (Å²) in [5.41, 5.74) is -2.06. The van der Waals surface area contributed by atoms with Gasteiger partial charge in [0, 0.05) is 0 Å². The van der Waals surface area contributed by atoms with E-state index in [4.69, 9.17) is 11.6 Å². The fraction of sp³-hybridized carbons (Fsp3) is 0.300. The van der Waals surface area contributed by atoms with Crippen LogP contribution in [-0.2, 0) is 10.9 Å². The molecule has 0 aliphatic heterocycles. The fourth-order valence-electron chi connectivity index (χ4n) is 1.13. The molecule has 0 aliphatic carbocycles. The highest BCUT2D eigenvalue weighted by molar-refractivity contribution is 6.33. The second-order valence-corrected chi connectivity index (χ2v) is 3.44. The van der Waals surface area contributed by atoms with E-state index in [2.05, 4.69) is 4.74 Å². The molecule has 94 valence electrons. The summed E-state index contributed by atoms with van der Waals surface area (Å²) in [5, 5.41) is -0.422. The first kappa shape index (κ1) is 13.8. The van der Waals surface area contributed by atoms with Gasteiger partial charge in [0.2, 0.25) is 0 Å². The van der Waals surface area contributed by atoms with Crippen molar-refractivity contribution in [2.45, 2.75) is 13.1 Å². The van der Waals surface area contributed by atoms with E-state index in [1.165, 1.54) is 6.92 Å². The Kier molecular flexibility index (Phi) is 3.98. The normalized spacial score (nSPS) is 11.4. The van der Waals surface area contributed by atoms with E-state index in [1.807, 2.05) is 0 Å². The predicted molar refractivity (Wildman–Crippen MR) is 52.4 cm³/mol. The molecule has 17 heavy (non-hydrogen) atoms. The van der Waals surface area contributed by atoms with Crippen molar-refractivity contribution in [3.05, 3.63) is 34.1 Å². The van der Waals surface area contributed by atoms with Gasteiger partial charge in [-0.3, -0.25) is 0 Å². The average molecular weight is 271 g/mol. The standard InChI is InChI=1S/C10H7ClF4O2/c1-2-17-9(16)5-3-6(10(13,14)15)8(12)4-7(5)11/h3-4H,2H2,1H3. The van der Waals surface area contributed by atoms with E-state index in [0.717, 1.165) is 0 Å². The lowest BCUT2D eigenvalue weighted by molar-refractivity contribution is -0.140. The molecule has 0 aliphatic rings. The molecule has 0 spiro atoms. The third kappa shape index (κ3) is 3.09. The van der Waals surface area contributed by atoms with Crippen molar-refractivity contribution in [1.82, 2.24) is 0 Å². The molecule has 0 unspecified atom stereocenters. The average Bonchev–Trinajstić information content (AvgIpc) is 2.15. The number of alkyl halides is 3. The van der Waals surface area contributed by atoms with E-state index in [1.54, 1.807) is 0 Å². The summed E-state index contributed by atoms with van der Waals surface area (Å²) in [6.07, 6.45) is -4.89. The van der Waals surface area contributed by atoms with Crippen molar-refractivity contribution >= 4 is 17.6 Å². The van der Waals surface area contributed by atoms with Crippen LogP contribution < -0.4 is 0 Å². The summed E-state index contributed by atoms with van der Waals surface area (Å²) in [5.74, 6) is -2.56. The molecular formula is C10H7ClF4O2. The Morgan fingerprint density at radius 1 is 1.41 bits per heavy atom. The van der Waals surface area contributed by atoms with E-state index >= 15 is 0 Å². The van der Waals surface area contributed by atoms with Crippen LogP contribution >= 0.6 is 11.6 Å². The Morgan fingerprint density at radius 3 is 2.47 bits per heavy atom. The Hall–Kier alpha value is -1.30. The molecule has 0 atom stereocenters. The maximum absolute atomic E-state index is 13.0. The molecule has 0 N–H and O–H groups in total. The number of hydrogen-bond donors (Lipinski definition) is 0. The maximum atomic E-state index is 13.0. The van der Waals surface area contributed by atoms with E-state index in [9.17, 15) is 22.4 Å². The van der Waals surface area contributed by atoms with Gasteiger partial charge in [0.1, 0.15) is 5.82 Å². The largest absolute Gasteiger partial charge is 0.462 e. The molecule has 1 rings (SSSR count). The van der Waals surface area contributed by atoms with Gasteiger partial charge in [-0.05, 0) is 19.1 Å². The highest BCUT2D eigenvalue weighted by Crippen LogP contribution is 2.34. The van der Waals surface area contributed by atoms with E-state index in [-0.39, 0.29) is 6.61 Å². The van der Waals surface area contributed by atoms with Gasteiger partial charge in [-0.25, -0.2) is 9.18 Å². The van der Waals surface area contributed by atoms with Gasteiger partial charge in [-0.1, -0.05) is 11.6 Å². The number of carbonyl (C=O) groups excluding carboxylic acids is 1. The molecule has 0 saturated heterocycles. The zero-order valence-electron chi connectivity index (χ0n) is 8.57. The molecule has 2 nitrogen and oxygen atoms in total. The van der Waals surface area contributed by atoms with E-state index < -0.39 is 34.1 Å². The van der Waals surface area contributed by atoms with Crippen LogP contribution in [0.5, 0.6) is 0 Å². The van der Waals surface area contributed by atoms with Crippen molar-refractivity contribution in [3.63, 3.8) is 0 Å². The third-order valence-corrected chi connectivity index (χ3v) is 2.17. The van der Waals surface area contributed by atoms with Crippen LogP contribution in [0.4, 0.5) is 17.6 Å². The summed E-state index contributed by atoms with van der Waals surface area (Å²) < 4.78 is 54.6. The Bertz CT molecular complexity index is 443. The zero-order valence-corrected chi connectivity index (χ0v) is 9.32. The van der Waals surface area contributed by atoms with Gasteiger partial charge in [0.05, 0.1) is 22.8 Å². The summed E-state index contributed by atoms with van der Waals surface area (Å²) in [6, 6.07) is 0.784. The van der Waals surface area contributed by atoms with Crippen LogP contribution in [0.3, 0.4) is 0 Å². The van der Waals surface area contributed by atoms with Crippen molar-refractivity contribution in [3.8, 4) is 0 Å². The van der Waals surface area contributed by atoms with Gasteiger partial charge in [0.15, 0.2) is 0 Å². The molecular weight excluding hydrogens is 264 g/mol. The predicted octanol–water partition coefficient (Wildman–Crippen LogP) is 3.67. The van der Waals surface area contributed by atoms with Crippen molar-refractivity contribution in [2.24, 2.45) is 0 Å². The molecule has 0 aromatic heterocycles. The van der Waals surface area contributed by atoms with Crippen molar-refractivity contribution in [1.29, 1.82) is 0 Å². The monoisotopic (exact) mass is 270 g/mol. The van der Waals surface area contributed by atoms with Crippen LogP contribution in [0.1, 0.15) is 22.8 Å². The minimum absolute atomic E-state index is 0.0200. The second-order valence-electron chi connectivity index (χ2n) is 3.03. The first-order valence-corrected chi connectivity index (χ1v) is 4.88. The smallest absolute Gasteiger partial charge is 0.419 e. The summed E-state index contributed by atoms with van der Waals surface area (Å²) in [7, 11) is 0. The maximum Gasteiger partial charge on any atom is 0.419 e. The number of benzene rings is 1. The summed E-state index contributed by atoms with van der Waals surface area (Å²) in [4.78, 5) is 11.3. The van der Waals surface area contributed by atoms with Crippen molar-refractivity contribution < 1.29 is 27.1 Å². The number of esters is 1. The molecule has 0 amide bonds. The third-order valence-electron chi connectivity index (χ3n) is 1.86. The van der Waals surface area contributed by atoms with Crippen LogP contribution in [-0.4, -0.2) is 12.6 Å². The lowest BCUT2D eigenvalue weighted by atomic mass is 10.1. The minimum Gasteiger partial charge on any atom is -0.462 e. The number of ether oxygens (including phenoxy) is 1. The van der Waals surface area contributed by atoms with Gasteiger partial charge >= 0.3 is 12.1 Å². The first-order chi connectivity index (χ1) is 7.77. The Morgan fingerprint density at radius 2 is 2.00 bits per heavy atom. The van der Waals surface area contributed by atoms with Crippen LogP contribution in [0, 0.1) is 5.82 Å². The molecule has 0 heterocycles. The summed E-state index contributed by atoms with van der Waals surface area (Å²) >= 11 is 5.47. The van der Waals surface area contributed by atoms with Crippen LogP contribution in [0.15, 0.2) is 12.1 Å². The molecule has 7 heteroatoms. The zero-order chi connectivity index (χ0) is 13.2. The second kappa shape index (κ2) is 4.91. The Labute approximate surface area is 99.1 Å². The van der Waals surface area contributed by atoms with Gasteiger partial charge in [-0.2, -0.15) is 13.2 Å². The van der Waals surface area contributed by atoms with Crippen LogP contribution in [0.25, 0.3) is 0 Å². The molecule has 1 aromatic carbocycles. The minimum atomic E-state index is -4.89. The number of hydrogen-bond acceptors (Lipinski definition) is 2. The van der Waals surface area contributed by atoms with Crippen molar-refractivity contribution in [2.75, 3.05) is 6.61 Å². The fourth-order valence-corrected chi connectivity index (χ4v) is 1.36. The molecule has 1 aromatic rings. The van der Waals surface area contributed by atoms with Gasteiger partial charge in [0.25, 0.3) is 0 Å². The van der Waals surface area contributed by atoms with Gasteiger partial charge in [-0.15, -0.1) is 0 Å².